The Bertz CT molecular complexity index is 618. The van der Waals surface area contributed by atoms with Crippen LogP contribution in [-0.4, -0.2) is 4.98 Å². The maximum atomic E-state index is 8.90. The first kappa shape index (κ1) is 11.7. The quantitative estimate of drug-likeness (QED) is 0.857. The summed E-state index contributed by atoms with van der Waals surface area (Å²) in [5.41, 5.74) is 7.56. The van der Waals surface area contributed by atoms with Crippen molar-refractivity contribution in [1.82, 2.24) is 4.98 Å². The van der Waals surface area contributed by atoms with Gasteiger partial charge in [-0.15, -0.1) is 0 Å². The molecule has 0 unspecified atom stereocenters. The van der Waals surface area contributed by atoms with Crippen LogP contribution in [0.15, 0.2) is 30.5 Å². The van der Waals surface area contributed by atoms with Crippen LogP contribution < -0.4 is 5.73 Å². The molecule has 84 valence electrons. The molecule has 5 heteroatoms. The van der Waals surface area contributed by atoms with Gasteiger partial charge in [0, 0.05) is 5.56 Å². The van der Waals surface area contributed by atoms with Crippen molar-refractivity contribution in [3.05, 3.63) is 46.1 Å². The molecular weight excluding hydrogens is 257 g/mol. The van der Waals surface area contributed by atoms with Crippen LogP contribution in [0.3, 0.4) is 0 Å². The Morgan fingerprint density at radius 3 is 2.76 bits per heavy atom. The second-order valence-electron chi connectivity index (χ2n) is 3.37. The molecule has 0 saturated carbocycles. The molecule has 1 heterocycles. The highest BCUT2D eigenvalue weighted by Crippen LogP contribution is 2.33. The summed E-state index contributed by atoms with van der Waals surface area (Å²) in [5, 5.41) is 9.75. The zero-order valence-corrected chi connectivity index (χ0v) is 10.1. The number of halogens is 2. The Kier molecular flexibility index (Phi) is 3.19. The van der Waals surface area contributed by atoms with Gasteiger partial charge in [-0.2, -0.15) is 5.26 Å². The second kappa shape index (κ2) is 4.62. The third-order valence-corrected chi connectivity index (χ3v) is 3.10. The molecule has 3 nitrogen and oxygen atoms in total. The van der Waals surface area contributed by atoms with Crippen LogP contribution in [0.2, 0.25) is 10.0 Å². The number of rotatable bonds is 1. The zero-order valence-electron chi connectivity index (χ0n) is 8.61. The summed E-state index contributed by atoms with van der Waals surface area (Å²) >= 11 is 12.0. The van der Waals surface area contributed by atoms with E-state index in [0.717, 1.165) is 0 Å². The molecule has 0 atom stereocenters. The maximum Gasteiger partial charge on any atom is 0.101 e. The smallest absolute Gasteiger partial charge is 0.101 e. The summed E-state index contributed by atoms with van der Waals surface area (Å²) in [6, 6.07) is 8.84. The van der Waals surface area contributed by atoms with Gasteiger partial charge in [-0.3, -0.25) is 4.98 Å². The second-order valence-corrected chi connectivity index (χ2v) is 4.16. The molecular formula is C12H7Cl2N3. The van der Waals surface area contributed by atoms with Gasteiger partial charge in [0.15, 0.2) is 0 Å². The molecule has 0 amide bonds. The minimum atomic E-state index is 0.342. The van der Waals surface area contributed by atoms with Crippen LogP contribution in [0.5, 0.6) is 0 Å². The lowest BCUT2D eigenvalue weighted by atomic mass is 10.1. The van der Waals surface area contributed by atoms with E-state index in [4.69, 9.17) is 34.2 Å². The van der Waals surface area contributed by atoms with Gasteiger partial charge in [-0.05, 0) is 12.1 Å². The van der Waals surface area contributed by atoms with E-state index in [1.807, 2.05) is 6.07 Å². The van der Waals surface area contributed by atoms with E-state index in [-0.39, 0.29) is 0 Å². The van der Waals surface area contributed by atoms with Gasteiger partial charge in [0.25, 0.3) is 0 Å². The van der Waals surface area contributed by atoms with Crippen molar-refractivity contribution in [3.63, 3.8) is 0 Å². The Balaban J connectivity index is 2.62. The number of pyridine rings is 1. The minimum Gasteiger partial charge on any atom is -0.396 e. The number of nitrogens with zero attached hydrogens (tertiary/aromatic N) is 2. The van der Waals surface area contributed by atoms with Crippen LogP contribution >= 0.6 is 23.2 Å². The van der Waals surface area contributed by atoms with Gasteiger partial charge < -0.3 is 5.73 Å². The van der Waals surface area contributed by atoms with Crippen molar-refractivity contribution < 1.29 is 0 Å². The Morgan fingerprint density at radius 2 is 2.06 bits per heavy atom. The highest BCUT2D eigenvalue weighted by Gasteiger charge is 2.09. The fourth-order valence-electron chi connectivity index (χ4n) is 1.41. The average molecular weight is 264 g/mol. The molecule has 2 aromatic rings. The lowest BCUT2D eigenvalue weighted by Crippen LogP contribution is -1.94. The molecule has 0 aliphatic carbocycles. The monoisotopic (exact) mass is 263 g/mol. The van der Waals surface area contributed by atoms with Crippen molar-refractivity contribution >= 4 is 28.9 Å². The van der Waals surface area contributed by atoms with Crippen LogP contribution in [-0.2, 0) is 0 Å². The SMILES string of the molecule is N#Cc1cc(-c2cccc(Cl)c2Cl)ncc1N. The average Bonchev–Trinajstić information content (AvgIpc) is 2.34. The highest BCUT2D eigenvalue weighted by atomic mass is 35.5. The number of nitrogen functional groups attached to an aromatic ring is 1. The van der Waals surface area contributed by atoms with E-state index in [2.05, 4.69) is 4.98 Å². The molecule has 2 N–H and O–H groups in total. The Labute approximate surface area is 108 Å². The lowest BCUT2D eigenvalue weighted by Gasteiger charge is -2.06. The normalized spacial score (nSPS) is 9.94. The molecule has 0 aliphatic heterocycles. The molecule has 2 rings (SSSR count). The van der Waals surface area contributed by atoms with Crippen LogP contribution in [0.1, 0.15) is 5.56 Å². The number of anilines is 1. The lowest BCUT2D eigenvalue weighted by molar-refractivity contribution is 1.31. The van der Waals surface area contributed by atoms with Crippen LogP contribution in [0, 0.1) is 11.3 Å². The van der Waals surface area contributed by atoms with E-state index in [9.17, 15) is 0 Å². The minimum absolute atomic E-state index is 0.342. The number of hydrogen-bond donors (Lipinski definition) is 1. The third kappa shape index (κ3) is 2.19. The number of nitrogens with two attached hydrogens (primary N) is 1. The molecule has 0 fully saturated rings. The van der Waals surface area contributed by atoms with Crippen molar-refractivity contribution in [2.75, 3.05) is 5.73 Å². The standard InChI is InChI=1S/C12H7Cl2N3/c13-9-3-1-2-8(12(9)14)11-4-7(5-15)10(16)6-17-11/h1-4,6H,16H2. The van der Waals surface area contributed by atoms with Crippen LogP contribution in [0.25, 0.3) is 11.3 Å². The van der Waals surface area contributed by atoms with Crippen molar-refractivity contribution in [2.24, 2.45) is 0 Å². The summed E-state index contributed by atoms with van der Waals surface area (Å²) in [6.07, 6.45) is 1.44. The topological polar surface area (TPSA) is 62.7 Å². The fourth-order valence-corrected chi connectivity index (χ4v) is 1.81. The molecule has 0 radical (unpaired) electrons. The highest BCUT2D eigenvalue weighted by molar-refractivity contribution is 6.43. The molecule has 0 aliphatic rings. The molecule has 0 saturated heterocycles. The van der Waals surface area contributed by atoms with Gasteiger partial charge >= 0.3 is 0 Å². The van der Waals surface area contributed by atoms with Gasteiger partial charge in [-0.1, -0.05) is 35.3 Å². The van der Waals surface area contributed by atoms with E-state index in [1.54, 1.807) is 24.3 Å². The predicted molar refractivity (Wildman–Crippen MR) is 68.8 cm³/mol. The van der Waals surface area contributed by atoms with E-state index < -0.39 is 0 Å². The number of benzene rings is 1. The third-order valence-electron chi connectivity index (χ3n) is 2.28. The summed E-state index contributed by atoms with van der Waals surface area (Å²) in [5.74, 6) is 0. The summed E-state index contributed by atoms with van der Waals surface area (Å²) in [6.45, 7) is 0. The van der Waals surface area contributed by atoms with E-state index >= 15 is 0 Å². The Morgan fingerprint density at radius 1 is 1.29 bits per heavy atom. The summed E-state index contributed by atoms with van der Waals surface area (Å²) < 4.78 is 0. The van der Waals surface area contributed by atoms with Crippen molar-refractivity contribution in [2.45, 2.75) is 0 Å². The van der Waals surface area contributed by atoms with E-state index in [1.165, 1.54) is 6.20 Å². The first-order valence-electron chi connectivity index (χ1n) is 4.73. The van der Waals surface area contributed by atoms with Gasteiger partial charge in [0.05, 0.1) is 33.2 Å². The Hall–Kier alpha value is -1.76. The molecule has 1 aromatic heterocycles. The molecule has 0 spiro atoms. The van der Waals surface area contributed by atoms with Crippen molar-refractivity contribution in [3.8, 4) is 17.3 Å². The van der Waals surface area contributed by atoms with Gasteiger partial charge in [0.1, 0.15) is 6.07 Å². The first-order valence-corrected chi connectivity index (χ1v) is 5.49. The summed E-state index contributed by atoms with van der Waals surface area (Å²) in [7, 11) is 0. The molecule has 1 aromatic carbocycles. The van der Waals surface area contributed by atoms with Crippen molar-refractivity contribution in [1.29, 1.82) is 5.26 Å². The predicted octanol–water partition coefficient (Wildman–Crippen LogP) is 3.51. The number of nitriles is 1. The number of hydrogen-bond acceptors (Lipinski definition) is 3. The first-order chi connectivity index (χ1) is 8.13. The number of aromatic nitrogens is 1. The van der Waals surface area contributed by atoms with E-state index in [0.29, 0.717) is 32.6 Å². The molecule has 0 bridgehead atoms. The van der Waals surface area contributed by atoms with Gasteiger partial charge in [-0.25, -0.2) is 0 Å². The van der Waals surface area contributed by atoms with Gasteiger partial charge in [0.2, 0.25) is 0 Å². The zero-order chi connectivity index (χ0) is 12.4. The van der Waals surface area contributed by atoms with Crippen LogP contribution in [0.4, 0.5) is 5.69 Å². The molecule has 17 heavy (non-hydrogen) atoms. The fraction of sp³-hybridized carbons (Fsp3) is 0. The maximum absolute atomic E-state index is 8.90. The largest absolute Gasteiger partial charge is 0.396 e. The summed E-state index contributed by atoms with van der Waals surface area (Å²) in [4.78, 5) is 4.14.